The molecule has 1 aliphatic heterocycles. The molecule has 6 nitrogen and oxygen atoms in total. The van der Waals surface area contributed by atoms with E-state index >= 15 is 0 Å². The van der Waals surface area contributed by atoms with Crippen molar-refractivity contribution in [2.45, 2.75) is 19.5 Å². The van der Waals surface area contributed by atoms with Gasteiger partial charge in [0.15, 0.2) is 0 Å². The number of hydrogen-bond donors (Lipinski definition) is 0. The lowest BCUT2D eigenvalue weighted by atomic mass is 9.97. The van der Waals surface area contributed by atoms with E-state index in [0.717, 1.165) is 51.8 Å². The van der Waals surface area contributed by atoms with Gasteiger partial charge >= 0.3 is 0 Å². The molecule has 0 unspecified atom stereocenters. The van der Waals surface area contributed by atoms with Crippen LogP contribution in [0, 0.1) is 0 Å². The largest absolute Gasteiger partial charge is 0.340 e. The van der Waals surface area contributed by atoms with E-state index < -0.39 is 0 Å². The fraction of sp³-hybridized carbons (Fsp3) is 0.222. The second-order valence-electron chi connectivity index (χ2n) is 11.4. The molecule has 7 heteroatoms. The first-order valence-electron chi connectivity index (χ1n) is 14.6. The predicted octanol–water partition coefficient (Wildman–Crippen LogP) is 7.19. The zero-order valence-corrected chi connectivity index (χ0v) is 25.5. The van der Waals surface area contributed by atoms with Crippen molar-refractivity contribution in [3.05, 3.63) is 125 Å². The summed E-state index contributed by atoms with van der Waals surface area (Å²) in [5.41, 5.74) is 5.79. The van der Waals surface area contributed by atoms with Crippen LogP contribution in [0.15, 0.2) is 97.1 Å². The minimum atomic E-state index is -0.176. The van der Waals surface area contributed by atoms with Crippen molar-refractivity contribution in [1.29, 1.82) is 0 Å². The molecule has 0 spiro atoms. The molecule has 0 atom stereocenters. The summed E-state index contributed by atoms with van der Waals surface area (Å²) >= 11 is 6.85. The van der Waals surface area contributed by atoms with E-state index in [-0.39, 0.29) is 11.8 Å². The number of para-hydroxylation sites is 1. The summed E-state index contributed by atoms with van der Waals surface area (Å²) in [7, 11) is 5.92. The molecule has 0 aliphatic carbocycles. The van der Waals surface area contributed by atoms with Crippen LogP contribution in [0.2, 0.25) is 5.02 Å². The van der Waals surface area contributed by atoms with Gasteiger partial charge in [0.25, 0.3) is 11.8 Å². The summed E-state index contributed by atoms with van der Waals surface area (Å²) < 4.78 is 2.04. The standard InChI is InChI=1S/C36H35ClN4O2/c1-38(2)20-9-21-39(3)36(43)34-19-17-28-24-41(33-15-7-5-11-27(33)23-40(28)34)35(42)31-18-16-26(22-32(31)37)30-14-8-12-25-10-4-6-13-29(25)30/h4-8,10-19,22H,9,20-21,23-24H2,1-3H3. The van der Waals surface area contributed by atoms with Crippen LogP contribution >= 0.6 is 11.6 Å². The van der Waals surface area contributed by atoms with Crippen LogP contribution in [-0.4, -0.2) is 60.4 Å². The minimum Gasteiger partial charge on any atom is -0.340 e. The van der Waals surface area contributed by atoms with Gasteiger partial charge in [-0.1, -0.05) is 78.3 Å². The molecule has 1 aliphatic rings. The van der Waals surface area contributed by atoms with E-state index in [4.69, 9.17) is 11.6 Å². The van der Waals surface area contributed by atoms with Crippen LogP contribution in [0.4, 0.5) is 5.69 Å². The smallest absolute Gasteiger partial charge is 0.270 e. The molecule has 218 valence electrons. The number of carbonyl (C=O) groups is 2. The lowest BCUT2D eigenvalue weighted by Gasteiger charge is -2.23. The fourth-order valence-corrected chi connectivity index (χ4v) is 6.19. The third-order valence-corrected chi connectivity index (χ3v) is 8.52. The number of aromatic nitrogens is 1. The van der Waals surface area contributed by atoms with Gasteiger partial charge in [0.05, 0.1) is 23.7 Å². The minimum absolute atomic E-state index is 0.0191. The molecule has 6 rings (SSSR count). The Labute approximate surface area is 257 Å². The van der Waals surface area contributed by atoms with Gasteiger partial charge in [0, 0.05) is 25.0 Å². The lowest BCUT2D eigenvalue weighted by Crippen LogP contribution is -2.32. The van der Waals surface area contributed by atoms with Gasteiger partial charge in [-0.25, -0.2) is 0 Å². The Morgan fingerprint density at radius 1 is 0.814 bits per heavy atom. The van der Waals surface area contributed by atoms with E-state index in [1.165, 1.54) is 0 Å². The Bertz CT molecular complexity index is 1820. The van der Waals surface area contributed by atoms with Crippen molar-refractivity contribution in [3.8, 4) is 11.1 Å². The first-order valence-corrected chi connectivity index (χ1v) is 15.0. The van der Waals surface area contributed by atoms with Crippen molar-refractivity contribution < 1.29 is 9.59 Å². The van der Waals surface area contributed by atoms with E-state index in [2.05, 4.69) is 29.2 Å². The van der Waals surface area contributed by atoms with Crippen LogP contribution < -0.4 is 4.90 Å². The van der Waals surface area contributed by atoms with Crippen LogP contribution in [0.1, 0.15) is 38.5 Å². The average molecular weight is 591 g/mol. The molecule has 1 aromatic heterocycles. The van der Waals surface area contributed by atoms with Gasteiger partial charge in [0.2, 0.25) is 0 Å². The lowest BCUT2D eigenvalue weighted by molar-refractivity contribution is 0.0780. The third-order valence-electron chi connectivity index (χ3n) is 8.21. The van der Waals surface area contributed by atoms with Crippen molar-refractivity contribution in [1.82, 2.24) is 14.4 Å². The van der Waals surface area contributed by atoms with Crippen LogP contribution in [0.5, 0.6) is 0 Å². The Morgan fingerprint density at radius 3 is 2.40 bits per heavy atom. The van der Waals surface area contributed by atoms with Gasteiger partial charge in [-0.3, -0.25) is 9.59 Å². The van der Waals surface area contributed by atoms with Gasteiger partial charge in [-0.15, -0.1) is 0 Å². The van der Waals surface area contributed by atoms with Crippen molar-refractivity contribution >= 4 is 39.9 Å². The molecule has 0 radical (unpaired) electrons. The predicted molar refractivity (Wildman–Crippen MR) is 175 cm³/mol. The molecule has 0 bridgehead atoms. The SMILES string of the molecule is CN(C)CCCN(C)C(=O)c1ccc2n1Cc1ccccc1N(C(=O)c1ccc(-c3cccc4ccccc34)cc1Cl)C2. The normalized spacial score (nSPS) is 12.6. The highest BCUT2D eigenvalue weighted by atomic mass is 35.5. The summed E-state index contributed by atoms with van der Waals surface area (Å²) in [5, 5.41) is 2.69. The maximum atomic E-state index is 14.2. The van der Waals surface area contributed by atoms with E-state index in [1.54, 1.807) is 9.80 Å². The highest BCUT2D eigenvalue weighted by molar-refractivity contribution is 6.35. The molecule has 0 N–H and O–H groups in total. The van der Waals surface area contributed by atoms with Gasteiger partial charge in [-0.05, 0) is 84.9 Å². The molecule has 4 aromatic carbocycles. The zero-order chi connectivity index (χ0) is 30.1. The summed E-state index contributed by atoms with van der Waals surface area (Å²) in [4.78, 5) is 33.3. The van der Waals surface area contributed by atoms with Crippen molar-refractivity contribution in [2.75, 3.05) is 39.1 Å². The summed E-state index contributed by atoms with van der Waals surface area (Å²) in [5.74, 6) is -0.195. The van der Waals surface area contributed by atoms with E-state index in [9.17, 15) is 9.59 Å². The first kappa shape index (κ1) is 28.7. The van der Waals surface area contributed by atoms with Crippen LogP contribution in [-0.2, 0) is 13.1 Å². The van der Waals surface area contributed by atoms with Gasteiger partial charge < -0.3 is 19.3 Å². The number of hydrogen-bond acceptors (Lipinski definition) is 3. The number of amides is 2. The topological polar surface area (TPSA) is 48.8 Å². The molecule has 2 heterocycles. The number of fused-ring (bicyclic) bond motifs is 3. The second-order valence-corrected chi connectivity index (χ2v) is 11.8. The number of rotatable bonds is 7. The molecule has 0 saturated heterocycles. The second kappa shape index (κ2) is 12.1. The summed E-state index contributed by atoms with van der Waals surface area (Å²) in [6.07, 6.45) is 0.897. The number of nitrogens with zero attached hydrogens (tertiary/aromatic N) is 4. The number of carbonyl (C=O) groups excluding carboxylic acids is 2. The van der Waals surface area contributed by atoms with Crippen LogP contribution in [0.3, 0.4) is 0 Å². The fourth-order valence-electron chi connectivity index (χ4n) is 5.93. The van der Waals surface area contributed by atoms with Crippen molar-refractivity contribution in [3.63, 3.8) is 0 Å². The molecule has 2 amide bonds. The number of anilines is 1. The Morgan fingerprint density at radius 2 is 1.58 bits per heavy atom. The van der Waals surface area contributed by atoms with Crippen LogP contribution in [0.25, 0.3) is 21.9 Å². The number of halogens is 1. The van der Waals surface area contributed by atoms with Crippen molar-refractivity contribution in [2.24, 2.45) is 0 Å². The Kier molecular flexibility index (Phi) is 8.06. The molecular weight excluding hydrogens is 556 g/mol. The maximum absolute atomic E-state index is 14.2. The van der Waals surface area contributed by atoms with Gasteiger partial charge in [0.1, 0.15) is 5.69 Å². The molecule has 43 heavy (non-hydrogen) atoms. The Hall–Kier alpha value is -4.39. The van der Waals surface area contributed by atoms with E-state index in [1.807, 2.05) is 98.5 Å². The monoisotopic (exact) mass is 590 g/mol. The average Bonchev–Trinajstić information content (AvgIpc) is 3.32. The summed E-state index contributed by atoms with van der Waals surface area (Å²) in [6, 6.07) is 31.9. The highest BCUT2D eigenvalue weighted by Gasteiger charge is 2.29. The quantitative estimate of drug-likeness (QED) is 0.201. The highest BCUT2D eigenvalue weighted by Crippen LogP contribution is 2.35. The maximum Gasteiger partial charge on any atom is 0.270 e. The Balaban J connectivity index is 1.31. The number of benzene rings is 4. The zero-order valence-electron chi connectivity index (χ0n) is 24.8. The first-order chi connectivity index (χ1) is 20.8. The molecular formula is C36H35ClN4O2. The van der Waals surface area contributed by atoms with E-state index in [0.29, 0.717) is 35.9 Å². The molecule has 0 fully saturated rings. The molecule has 0 saturated carbocycles. The third kappa shape index (κ3) is 5.68. The van der Waals surface area contributed by atoms with Gasteiger partial charge in [-0.2, -0.15) is 0 Å². The summed E-state index contributed by atoms with van der Waals surface area (Å²) in [6.45, 7) is 2.42. The molecule has 5 aromatic rings.